The lowest BCUT2D eigenvalue weighted by molar-refractivity contribution is -0.122. The number of hydrogen-bond donors (Lipinski definition) is 1. The molecule has 1 fully saturated rings. The third kappa shape index (κ3) is 5.80. The van der Waals surface area contributed by atoms with Crippen molar-refractivity contribution in [3.8, 4) is 0 Å². The van der Waals surface area contributed by atoms with Crippen molar-refractivity contribution < 1.29 is 9.59 Å². The van der Waals surface area contributed by atoms with Crippen LogP contribution in [0.3, 0.4) is 0 Å². The van der Waals surface area contributed by atoms with Crippen molar-refractivity contribution in [3.63, 3.8) is 0 Å². The average molecular weight is 459 g/mol. The molecule has 4 nitrogen and oxygen atoms in total. The molecule has 2 amide bonds. The number of carbonyl (C=O) groups excluding carboxylic acids is 2. The molecule has 0 aliphatic carbocycles. The van der Waals surface area contributed by atoms with Crippen molar-refractivity contribution in [2.75, 3.05) is 11.9 Å². The quantitative estimate of drug-likeness (QED) is 0.296. The number of thiophene rings is 1. The fraction of sp³-hybridized carbons (Fsp3) is 0.348. The van der Waals surface area contributed by atoms with Crippen LogP contribution in [0.1, 0.15) is 47.3 Å². The highest BCUT2D eigenvalue weighted by Crippen LogP contribution is 2.33. The van der Waals surface area contributed by atoms with Crippen molar-refractivity contribution in [2.24, 2.45) is 0 Å². The SMILES string of the molecule is Cc1cc(C)c(NC(=O)CCCCCN2C(=O)/C(=C/c3cccs3)SC2=S)c(C)c1. The maximum absolute atomic E-state index is 12.6. The van der Waals surface area contributed by atoms with Gasteiger partial charge < -0.3 is 5.32 Å². The zero-order chi connectivity index (χ0) is 21.7. The Balaban J connectivity index is 1.41. The summed E-state index contributed by atoms with van der Waals surface area (Å²) in [5.74, 6) is 0.0241. The molecule has 1 saturated heterocycles. The van der Waals surface area contributed by atoms with Crippen LogP contribution in [-0.2, 0) is 9.59 Å². The van der Waals surface area contributed by atoms with E-state index >= 15 is 0 Å². The molecule has 1 aliphatic rings. The van der Waals surface area contributed by atoms with E-state index in [2.05, 4.69) is 24.4 Å². The summed E-state index contributed by atoms with van der Waals surface area (Å²) >= 11 is 8.35. The van der Waals surface area contributed by atoms with Crippen molar-refractivity contribution >= 4 is 63.2 Å². The van der Waals surface area contributed by atoms with E-state index in [0.717, 1.165) is 41.0 Å². The van der Waals surface area contributed by atoms with E-state index < -0.39 is 0 Å². The van der Waals surface area contributed by atoms with Gasteiger partial charge in [0.15, 0.2) is 0 Å². The van der Waals surface area contributed by atoms with Gasteiger partial charge in [-0.25, -0.2) is 0 Å². The number of unbranched alkanes of at least 4 members (excludes halogenated alkanes) is 2. The van der Waals surface area contributed by atoms with Gasteiger partial charge in [-0.1, -0.05) is 54.2 Å². The van der Waals surface area contributed by atoms with Crippen molar-refractivity contribution in [2.45, 2.75) is 46.5 Å². The first-order valence-corrected chi connectivity index (χ1v) is 12.1. The predicted molar refractivity (Wildman–Crippen MR) is 132 cm³/mol. The number of nitrogens with one attached hydrogen (secondary N) is 1. The Morgan fingerprint density at radius 3 is 2.57 bits per heavy atom. The first-order valence-electron chi connectivity index (χ1n) is 10.0. The van der Waals surface area contributed by atoms with E-state index in [1.807, 2.05) is 37.4 Å². The van der Waals surface area contributed by atoms with Crippen molar-refractivity contribution in [3.05, 3.63) is 56.1 Å². The van der Waals surface area contributed by atoms with Gasteiger partial charge in [-0.2, -0.15) is 0 Å². The number of amides is 2. The maximum atomic E-state index is 12.6. The van der Waals surface area contributed by atoms with E-state index in [4.69, 9.17) is 12.2 Å². The highest BCUT2D eigenvalue weighted by Gasteiger charge is 2.31. The molecule has 2 aromatic rings. The smallest absolute Gasteiger partial charge is 0.266 e. The lowest BCUT2D eigenvalue weighted by Crippen LogP contribution is -2.29. The molecular formula is C23H26N2O2S3. The highest BCUT2D eigenvalue weighted by atomic mass is 32.2. The van der Waals surface area contributed by atoms with Gasteiger partial charge in [0.2, 0.25) is 5.91 Å². The van der Waals surface area contributed by atoms with E-state index in [0.29, 0.717) is 22.2 Å². The fourth-order valence-corrected chi connectivity index (χ4v) is 5.54. The van der Waals surface area contributed by atoms with Gasteiger partial charge in [-0.05, 0) is 62.3 Å². The third-order valence-corrected chi connectivity index (χ3v) is 7.11. The van der Waals surface area contributed by atoms with Gasteiger partial charge in [-0.3, -0.25) is 14.5 Å². The number of nitrogens with zero attached hydrogens (tertiary/aromatic N) is 1. The van der Waals surface area contributed by atoms with E-state index in [9.17, 15) is 9.59 Å². The van der Waals surface area contributed by atoms with Crippen LogP contribution in [-0.4, -0.2) is 27.6 Å². The van der Waals surface area contributed by atoms with Crippen LogP contribution in [0.25, 0.3) is 6.08 Å². The highest BCUT2D eigenvalue weighted by molar-refractivity contribution is 8.26. The number of anilines is 1. The minimum atomic E-state index is -0.0125. The molecule has 2 heterocycles. The zero-order valence-corrected chi connectivity index (χ0v) is 19.9. The van der Waals surface area contributed by atoms with Gasteiger partial charge in [0.05, 0.1) is 4.91 Å². The fourth-order valence-electron chi connectivity index (χ4n) is 3.51. The molecule has 7 heteroatoms. The Morgan fingerprint density at radius 2 is 1.90 bits per heavy atom. The number of thioether (sulfide) groups is 1. The predicted octanol–water partition coefficient (Wildman–Crippen LogP) is 6.07. The van der Waals surface area contributed by atoms with Gasteiger partial charge in [0, 0.05) is 23.5 Å². The zero-order valence-electron chi connectivity index (χ0n) is 17.5. The molecule has 1 aromatic carbocycles. The van der Waals surface area contributed by atoms with Crippen LogP contribution in [0.4, 0.5) is 5.69 Å². The van der Waals surface area contributed by atoms with Gasteiger partial charge in [0.1, 0.15) is 4.32 Å². The lowest BCUT2D eigenvalue weighted by Gasteiger charge is -2.14. The number of benzene rings is 1. The molecule has 30 heavy (non-hydrogen) atoms. The van der Waals surface area contributed by atoms with E-state index in [1.54, 1.807) is 16.2 Å². The molecule has 1 aliphatic heterocycles. The molecule has 158 valence electrons. The Bertz CT molecular complexity index is 957. The van der Waals surface area contributed by atoms with Gasteiger partial charge >= 0.3 is 0 Å². The van der Waals surface area contributed by atoms with Crippen molar-refractivity contribution in [1.82, 2.24) is 4.90 Å². The normalized spacial score (nSPS) is 15.3. The number of aryl methyl sites for hydroxylation is 3. The molecule has 1 aromatic heterocycles. The second-order valence-electron chi connectivity index (χ2n) is 7.48. The Hall–Kier alpha value is -1.96. The number of carbonyl (C=O) groups is 2. The average Bonchev–Trinajstić information content (AvgIpc) is 3.28. The van der Waals surface area contributed by atoms with Crippen LogP contribution in [0.2, 0.25) is 0 Å². The summed E-state index contributed by atoms with van der Waals surface area (Å²) in [4.78, 5) is 28.3. The van der Waals surface area contributed by atoms with Crippen molar-refractivity contribution in [1.29, 1.82) is 0 Å². The van der Waals surface area contributed by atoms with Crippen LogP contribution in [0.15, 0.2) is 34.6 Å². The van der Waals surface area contributed by atoms with Gasteiger partial charge in [0.25, 0.3) is 5.91 Å². The van der Waals surface area contributed by atoms with E-state index in [-0.39, 0.29) is 11.8 Å². The Labute approximate surface area is 191 Å². The van der Waals surface area contributed by atoms with Crippen LogP contribution >= 0.6 is 35.3 Å². The largest absolute Gasteiger partial charge is 0.326 e. The molecule has 1 N–H and O–H groups in total. The monoisotopic (exact) mass is 458 g/mol. The summed E-state index contributed by atoms with van der Waals surface area (Å²) in [6, 6.07) is 8.12. The van der Waals surface area contributed by atoms with Crippen LogP contribution in [0, 0.1) is 20.8 Å². The summed E-state index contributed by atoms with van der Waals surface area (Å²) in [6.45, 7) is 6.70. The minimum Gasteiger partial charge on any atom is -0.326 e. The number of thiocarbonyl (C=S) groups is 1. The second kappa shape index (κ2) is 10.4. The van der Waals surface area contributed by atoms with Crippen LogP contribution < -0.4 is 5.32 Å². The molecule has 0 radical (unpaired) electrons. The first kappa shape index (κ1) is 22.7. The molecular weight excluding hydrogens is 432 g/mol. The van der Waals surface area contributed by atoms with E-state index in [1.165, 1.54) is 17.3 Å². The Morgan fingerprint density at radius 1 is 1.17 bits per heavy atom. The third-order valence-electron chi connectivity index (χ3n) is 4.92. The summed E-state index contributed by atoms with van der Waals surface area (Å²) in [5.41, 5.74) is 4.29. The minimum absolute atomic E-state index is 0.0125. The summed E-state index contributed by atoms with van der Waals surface area (Å²) in [7, 11) is 0. The molecule has 3 rings (SSSR count). The molecule has 0 saturated carbocycles. The number of rotatable bonds is 8. The summed E-state index contributed by atoms with van der Waals surface area (Å²) in [5, 5.41) is 5.03. The molecule has 0 unspecified atom stereocenters. The van der Waals surface area contributed by atoms with Crippen LogP contribution in [0.5, 0.6) is 0 Å². The first-order chi connectivity index (χ1) is 14.3. The summed E-state index contributed by atoms with van der Waals surface area (Å²) < 4.78 is 0.617. The maximum Gasteiger partial charge on any atom is 0.266 e. The lowest BCUT2D eigenvalue weighted by atomic mass is 10.0. The standard InChI is InChI=1S/C23H26N2O2S3/c1-15-12-16(2)21(17(3)13-15)24-20(26)9-5-4-6-10-25-22(27)19(30-23(25)28)14-18-8-7-11-29-18/h7-8,11-14H,4-6,9-10H2,1-3H3,(H,24,26)/b19-14-. The van der Waals surface area contributed by atoms with Gasteiger partial charge in [-0.15, -0.1) is 11.3 Å². The molecule has 0 atom stereocenters. The Kier molecular flexibility index (Phi) is 7.86. The molecule has 0 spiro atoms. The number of hydrogen-bond acceptors (Lipinski definition) is 5. The summed E-state index contributed by atoms with van der Waals surface area (Å²) in [6.07, 6.45) is 4.87. The molecule has 0 bridgehead atoms. The second-order valence-corrected chi connectivity index (χ2v) is 10.1. The topological polar surface area (TPSA) is 49.4 Å².